The maximum atomic E-state index is 13.5. The summed E-state index contributed by atoms with van der Waals surface area (Å²) >= 11 is 5.83. The number of piperidine rings is 1. The van der Waals surface area contributed by atoms with Crippen LogP contribution in [0, 0.1) is 4.77 Å². The number of hydrogen-bond donors (Lipinski definition) is 1. The van der Waals surface area contributed by atoms with E-state index in [2.05, 4.69) is 0 Å². The standard InChI is InChI=1S/C22H23N5O2S/c1-29-17-9-7-8-16(14-17)26-20(28)18-10-3-4-11-19(18)27-21(26)23-25(22(27)30)15-24-12-5-2-6-13-24/h3-4,7-11,14H,2,5-6,12-13,15H2,1H3/p+1. The number of nitrogens with one attached hydrogen (secondary N) is 1. The number of rotatable bonds is 4. The van der Waals surface area contributed by atoms with Crippen molar-refractivity contribution in [2.45, 2.75) is 25.9 Å². The summed E-state index contributed by atoms with van der Waals surface area (Å²) in [5, 5.41) is 5.43. The molecule has 0 atom stereocenters. The largest absolute Gasteiger partial charge is 0.497 e. The Morgan fingerprint density at radius 3 is 2.70 bits per heavy atom. The van der Waals surface area contributed by atoms with Crippen LogP contribution in [0.4, 0.5) is 0 Å². The Morgan fingerprint density at radius 2 is 1.90 bits per heavy atom. The SMILES string of the molecule is COc1cccc(-n2c(=O)c3ccccc3n3c(=S)n(C[NH+]4CCCCC4)nc23)c1. The lowest BCUT2D eigenvalue weighted by atomic mass is 10.1. The summed E-state index contributed by atoms with van der Waals surface area (Å²) in [6.45, 7) is 2.96. The molecule has 0 spiro atoms. The van der Waals surface area contributed by atoms with E-state index in [0.717, 1.165) is 18.6 Å². The number of benzene rings is 2. The molecule has 0 bridgehead atoms. The molecule has 3 heterocycles. The molecule has 2 aromatic heterocycles. The van der Waals surface area contributed by atoms with Crippen molar-refractivity contribution in [3.8, 4) is 11.4 Å². The van der Waals surface area contributed by atoms with E-state index in [0.29, 0.717) is 34.0 Å². The minimum absolute atomic E-state index is 0.121. The molecule has 1 aliphatic rings. The highest BCUT2D eigenvalue weighted by molar-refractivity contribution is 7.71. The van der Waals surface area contributed by atoms with Crippen molar-refractivity contribution in [3.05, 3.63) is 63.7 Å². The second-order valence-electron chi connectivity index (χ2n) is 7.75. The number of methoxy groups -OCH3 is 1. The third-order valence-electron chi connectivity index (χ3n) is 5.85. The summed E-state index contributed by atoms with van der Waals surface area (Å²) in [6.07, 6.45) is 3.75. The van der Waals surface area contributed by atoms with Crippen LogP contribution in [0.25, 0.3) is 22.4 Å². The molecule has 8 heteroatoms. The summed E-state index contributed by atoms with van der Waals surface area (Å²) in [6, 6.07) is 15.0. The maximum absolute atomic E-state index is 13.5. The highest BCUT2D eigenvalue weighted by atomic mass is 32.1. The third-order valence-corrected chi connectivity index (χ3v) is 6.24. The Morgan fingerprint density at radius 1 is 1.10 bits per heavy atom. The van der Waals surface area contributed by atoms with Gasteiger partial charge in [-0.3, -0.25) is 9.20 Å². The Balaban J connectivity index is 1.79. The molecule has 154 valence electrons. The summed E-state index contributed by atoms with van der Waals surface area (Å²) in [7, 11) is 1.62. The van der Waals surface area contributed by atoms with Crippen LogP contribution in [-0.4, -0.2) is 38.9 Å². The molecule has 30 heavy (non-hydrogen) atoms. The van der Waals surface area contributed by atoms with Crippen molar-refractivity contribution >= 4 is 28.9 Å². The second kappa shape index (κ2) is 7.70. The van der Waals surface area contributed by atoms with Crippen LogP contribution in [0.2, 0.25) is 0 Å². The van der Waals surface area contributed by atoms with Gasteiger partial charge in [0.1, 0.15) is 5.75 Å². The fraction of sp³-hybridized carbons (Fsp3) is 0.318. The Bertz CT molecular complexity index is 1350. The van der Waals surface area contributed by atoms with Crippen molar-refractivity contribution in [3.63, 3.8) is 0 Å². The van der Waals surface area contributed by atoms with Gasteiger partial charge in [0.05, 0.1) is 36.8 Å². The topological polar surface area (TPSA) is 57.9 Å². The average Bonchev–Trinajstić information content (AvgIpc) is 3.10. The Labute approximate surface area is 178 Å². The van der Waals surface area contributed by atoms with Crippen LogP contribution in [-0.2, 0) is 6.67 Å². The Kier molecular flexibility index (Phi) is 4.88. The third kappa shape index (κ3) is 3.12. The summed E-state index contributed by atoms with van der Waals surface area (Å²) in [5.41, 5.74) is 1.36. The fourth-order valence-corrected chi connectivity index (χ4v) is 4.61. The van der Waals surface area contributed by atoms with Gasteiger partial charge in [-0.25, -0.2) is 4.57 Å². The van der Waals surface area contributed by atoms with Gasteiger partial charge in [0.25, 0.3) is 5.56 Å². The summed E-state index contributed by atoms with van der Waals surface area (Å²) < 4.78 is 11.4. The first-order valence-electron chi connectivity index (χ1n) is 10.3. The minimum atomic E-state index is -0.121. The molecule has 0 aliphatic carbocycles. The van der Waals surface area contributed by atoms with Crippen LogP contribution in [0.5, 0.6) is 5.75 Å². The number of hydrogen-bond acceptors (Lipinski definition) is 4. The molecular formula is C22H24N5O2S+. The lowest BCUT2D eigenvalue weighted by Crippen LogP contribution is -3.12. The van der Waals surface area contributed by atoms with E-state index < -0.39 is 0 Å². The number of quaternary nitrogens is 1. The zero-order valence-electron chi connectivity index (χ0n) is 16.9. The van der Waals surface area contributed by atoms with Gasteiger partial charge < -0.3 is 9.64 Å². The van der Waals surface area contributed by atoms with Crippen molar-refractivity contribution in [2.75, 3.05) is 20.2 Å². The maximum Gasteiger partial charge on any atom is 0.267 e. The highest BCUT2D eigenvalue weighted by Gasteiger charge is 2.20. The molecule has 0 unspecified atom stereocenters. The van der Waals surface area contributed by atoms with Crippen LogP contribution >= 0.6 is 12.2 Å². The molecule has 0 amide bonds. The van der Waals surface area contributed by atoms with Crippen molar-refractivity contribution < 1.29 is 9.64 Å². The first kappa shape index (κ1) is 19.0. The summed E-state index contributed by atoms with van der Waals surface area (Å²) in [4.78, 5) is 14.9. The van der Waals surface area contributed by atoms with Crippen molar-refractivity contribution in [1.82, 2.24) is 18.7 Å². The molecule has 7 nitrogen and oxygen atoms in total. The number of aromatic nitrogens is 4. The quantitative estimate of drug-likeness (QED) is 0.513. The van der Waals surface area contributed by atoms with Gasteiger partial charge in [-0.2, -0.15) is 4.68 Å². The first-order chi connectivity index (χ1) is 14.7. The normalized spacial score (nSPS) is 15.1. The van der Waals surface area contributed by atoms with Gasteiger partial charge in [0, 0.05) is 6.07 Å². The zero-order valence-corrected chi connectivity index (χ0v) is 17.7. The zero-order chi connectivity index (χ0) is 20.7. The van der Waals surface area contributed by atoms with Crippen LogP contribution in [0.15, 0.2) is 53.3 Å². The predicted molar refractivity (Wildman–Crippen MR) is 118 cm³/mol. The fourth-order valence-electron chi connectivity index (χ4n) is 4.32. The molecule has 4 aromatic rings. The van der Waals surface area contributed by atoms with Crippen LogP contribution < -0.4 is 15.2 Å². The second-order valence-corrected chi connectivity index (χ2v) is 8.11. The lowest BCUT2D eigenvalue weighted by molar-refractivity contribution is -0.928. The van der Waals surface area contributed by atoms with Gasteiger partial charge in [0.15, 0.2) is 6.67 Å². The molecule has 5 rings (SSSR count). The van der Waals surface area contributed by atoms with Crippen LogP contribution in [0.1, 0.15) is 19.3 Å². The molecular weight excluding hydrogens is 398 g/mol. The van der Waals surface area contributed by atoms with Gasteiger partial charge in [-0.05, 0) is 55.7 Å². The highest BCUT2D eigenvalue weighted by Crippen LogP contribution is 2.20. The monoisotopic (exact) mass is 422 g/mol. The first-order valence-corrected chi connectivity index (χ1v) is 10.7. The number of ether oxygens (including phenoxy) is 1. The molecule has 1 fully saturated rings. The number of para-hydroxylation sites is 1. The molecule has 1 aliphatic heterocycles. The molecule has 1 N–H and O–H groups in total. The van der Waals surface area contributed by atoms with Gasteiger partial charge in [-0.15, -0.1) is 5.10 Å². The van der Waals surface area contributed by atoms with E-state index >= 15 is 0 Å². The van der Waals surface area contributed by atoms with Gasteiger partial charge >= 0.3 is 0 Å². The number of nitrogens with zero attached hydrogens (tertiary/aromatic N) is 4. The summed E-state index contributed by atoms with van der Waals surface area (Å²) in [5.74, 6) is 1.20. The van der Waals surface area contributed by atoms with Crippen molar-refractivity contribution in [1.29, 1.82) is 0 Å². The Hall–Kier alpha value is -2.97. The minimum Gasteiger partial charge on any atom is -0.497 e. The number of fused-ring (bicyclic) bond motifs is 3. The van der Waals surface area contributed by atoms with E-state index in [9.17, 15) is 4.79 Å². The van der Waals surface area contributed by atoms with Gasteiger partial charge in [-0.1, -0.05) is 18.2 Å². The average molecular weight is 423 g/mol. The molecule has 0 saturated carbocycles. The van der Waals surface area contributed by atoms with E-state index in [1.807, 2.05) is 57.6 Å². The molecule has 1 saturated heterocycles. The van der Waals surface area contributed by atoms with E-state index in [-0.39, 0.29) is 5.56 Å². The number of likely N-dealkylation sites (tertiary alicyclic amines) is 1. The molecule has 0 radical (unpaired) electrons. The lowest BCUT2D eigenvalue weighted by Gasteiger charge is -2.22. The predicted octanol–water partition coefficient (Wildman–Crippen LogP) is 2.20. The smallest absolute Gasteiger partial charge is 0.267 e. The van der Waals surface area contributed by atoms with E-state index in [1.54, 1.807) is 11.7 Å². The van der Waals surface area contributed by atoms with E-state index in [4.69, 9.17) is 22.1 Å². The van der Waals surface area contributed by atoms with Crippen molar-refractivity contribution in [2.24, 2.45) is 0 Å². The van der Waals surface area contributed by atoms with Gasteiger partial charge in [0.2, 0.25) is 10.5 Å². The van der Waals surface area contributed by atoms with Crippen LogP contribution in [0.3, 0.4) is 0 Å². The molecule has 2 aromatic carbocycles. The van der Waals surface area contributed by atoms with E-state index in [1.165, 1.54) is 24.2 Å².